The zero-order valence-corrected chi connectivity index (χ0v) is 6.73. The Labute approximate surface area is 70.1 Å². The van der Waals surface area contributed by atoms with Crippen LogP contribution in [0.15, 0.2) is 12.9 Å². The Hall–Kier alpha value is -1.62. The Morgan fingerprint density at radius 2 is 2.33 bits per heavy atom. The normalized spacial score (nSPS) is 9.50. The SMILES string of the molecule is C=Cc1ncnc(N)c1N(C)O. The average Bonchev–Trinajstić information content (AvgIpc) is 2.03. The highest BCUT2D eigenvalue weighted by molar-refractivity contribution is 5.71. The summed E-state index contributed by atoms with van der Waals surface area (Å²) < 4.78 is 0. The summed E-state index contributed by atoms with van der Waals surface area (Å²) in [6.07, 6.45) is 2.82. The van der Waals surface area contributed by atoms with Crippen molar-refractivity contribution in [2.24, 2.45) is 0 Å². The van der Waals surface area contributed by atoms with E-state index in [0.717, 1.165) is 5.06 Å². The lowest BCUT2D eigenvalue weighted by atomic mass is 10.3. The molecule has 1 rings (SSSR count). The summed E-state index contributed by atoms with van der Waals surface area (Å²) in [4.78, 5) is 7.59. The number of anilines is 2. The standard InChI is InChI=1S/C7H10N4O/c1-3-5-6(11(2)12)7(8)10-4-9-5/h3-4,12H,1H2,2H3,(H2,8,9,10). The Morgan fingerprint density at radius 1 is 1.67 bits per heavy atom. The van der Waals surface area contributed by atoms with Gasteiger partial charge in [-0.05, 0) is 6.08 Å². The van der Waals surface area contributed by atoms with Crippen molar-refractivity contribution in [1.82, 2.24) is 9.97 Å². The van der Waals surface area contributed by atoms with Gasteiger partial charge in [0.1, 0.15) is 12.0 Å². The number of nitrogen functional groups attached to an aromatic ring is 1. The average molecular weight is 166 g/mol. The van der Waals surface area contributed by atoms with E-state index in [1.807, 2.05) is 0 Å². The van der Waals surface area contributed by atoms with Crippen molar-refractivity contribution >= 4 is 17.6 Å². The van der Waals surface area contributed by atoms with Gasteiger partial charge in [-0.2, -0.15) is 0 Å². The van der Waals surface area contributed by atoms with E-state index in [1.165, 1.54) is 19.5 Å². The quantitative estimate of drug-likeness (QED) is 0.627. The van der Waals surface area contributed by atoms with Gasteiger partial charge in [0.2, 0.25) is 0 Å². The van der Waals surface area contributed by atoms with Crippen LogP contribution in [0.2, 0.25) is 0 Å². The second-order valence-electron chi connectivity index (χ2n) is 2.22. The minimum Gasteiger partial charge on any atom is -0.382 e. The molecule has 0 amide bonds. The fraction of sp³-hybridized carbons (Fsp3) is 0.143. The van der Waals surface area contributed by atoms with Crippen LogP contribution in [0.5, 0.6) is 0 Å². The number of hydroxylamine groups is 1. The molecule has 0 bridgehead atoms. The molecule has 3 N–H and O–H groups in total. The molecule has 1 aromatic heterocycles. The number of nitrogens with two attached hydrogens (primary N) is 1. The molecule has 0 unspecified atom stereocenters. The monoisotopic (exact) mass is 166 g/mol. The predicted octanol–water partition coefficient (Wildman–Crippen LogP) is 0.527. The lowest BCUT2D eigenvalue weighted by molar-refractivity contribution is 0.279. The van der Waals surface area contributed by atoms with E-state index >= 15 is 0 Å². The van der Waals surface area contributed by atoms with Crippen LogP contribution in [0.4, 0.5) is 11.5 Å². The second kappa shape index (κ2) is 3.19. The Morgan fingerprint density at radius 3 is 2.75 bits per heavy atom. The van der Waals surface area contributed by atoms with E-state index in [-0.39, 0.29) is 5.82 Å². The molecule has 0 aliphatic rings. The van der Waals surface area contributed by atoms with E-state index in [9.17, 15) is 0 Å². The molecule has 0 aliphatic heterocycles. The zero-order chi connectivity index (χ0) is 9.14. The fourth-order valence-electron chi connectivity index (χ4n) is 0.888. The molecule has 0 saturated carbocycles. The maximum Gasteiger partial charge on any atom is 0.153 e. The third-order valence-corrected chi connectivity index (χ3v) is 1.40. The van der Waals surface area contributed by atoms with Crippen molar-refractivity contribution in [1.29, 1.82) is 0 Å². The second-order valence-corrected chi connectivity index (χ2v) is 2.22. The van der Waals surface area contributed by atoms with Gasteiger partial charge in [0.25, 0.3) is 0 Å². The molecule has 5 nitrogen and oxygen atoms in total. The molecule has 0 spiro atoms. The van der Waals surface area contributed by atoms with Crippen molar-refractivity contribution in [3.63, 3.8) is 0 Å². The van der Waals surface area contributed by atoms with Crippen LogP contribution in [-0.2, 0) is 0 Å². The third-order valence-electron chi connectivity index (χ3n) is 1.40. The van der Waals surface area contributed by atoms with Crippen molar-refractivity contribution in [2.75, 3.05) is 17.8 Å². The largest absolute Gasteiger partial charge is 0.382 e. The minimum atomic E-state index is 0.227. The first-order valence-electron chi connectivity index (χ1n) is 3.32. The summed E-state index contributed by atoms with van der Waals surface area (Å²) in [6, 6.07) is 0. The highest BCUT2D eigenvalue weighted by atomic mass is 16.5. The molecule has 0 aliphatic carbocycles. The Kier molecular flexibility index (Phi) is 2.25. The van der Waals surface area contributed by atoms with Crippen LogP contribution in [0.25, 0.3) is 6.08 Å². The number of nitrogens with zero attached hydrogens (tertiary/aromatic N) is 3. The van der Waals surface area contributed by atoms with Crippen LogP contribution < -0.4 is 10.8 Å². The number of rotatable bonds is 2. The van der Waals surface area contributed by atoms with Gasteiger partial charge in [-0.25, -0.2) is 9.97 Å². The van der Waals surface area contributed by atoms with Crippen LogP contribution >= 0.6 is 0 Å². The van der Waals surface area contributed by atoms with Crippen LogP contribution in [-0.4, -0.2) is 22.2 Å². The van der Waals surface area contributed by atoms with Crippen LogP contribution in [0, 0.1) is 0 Å². The first-order chi connectivity index (χ1) is 5.66. The van der Waals surface area contributed by atoms with Gasteiger partial charge < -0.3 is 5.73 Å². The summed E-state index contributed by atoms with van der Waals surface area (Å²) in [5.41, 5.74) is 6.37. The van der Waals surface area contributed by atoms with Gasteiger partial charge in [0.15, 0.2) is 5.82 Å². The molecular formula is C7H10N4O. The van der Waals surface area contributed by atoms with Gasteiger partial charge >= 0.3 is 0 Å². The van der Waals surface area contributed by atoms with Crippen molar-refractivity contribution in [3.05, 3.63) is 18.6 Å². The van der Waals surface area contributed by atoms with E-state index in [2.05, 4.69) is 16.5 Å². The highest BCUT2D eigenvalue weighted by Gasteiger charge is 2.08. The molecule has 1 aromatic rings. The van der Waals surface area contributed by atoms with Crippen molar-refractivity contribution in [3.8, 4) is 0 Å². The molecule has 1 heterocycles. The van der Waals surface area contributed by atoms with Crippen LogP contribution in [0.1, 0.15) is 5.69 Å². The van der Waals surface area contributed by atoms with E-state index in [1.54, 1.807) is 0 Å². The zero-order valence-electron chi connectivity index (χ0n) is 6.73. The fourth-order valence-corrected chi connectivity index (χ4v) is 0.888. The molecule has 0 aromatic carbocycles. The first kappa shape index (κ1) is 8.48. The summed E-state index contributed by atoms with van der Waals surface area (Å²) >= 11 is 0. The van der Waals surface area contributed by atoms with Crippen molar-refractivity contribution in [2.45, 2.75) is 0 Å². The number of aromatic nitrogens is 2. The summed E-state index contributed by atoms with van der Waals surface area (Å²) in [5, 5.41) is 10.0. The number of hydrogen-bond donors (Lipinski definition) is 2. The maximum atomic E-state index is 9.14. The van der Waals surface area contributed by atoms with Gasteiger partial charge in [-0.3, -0.25) is 10.3 Å². The summed E-state index contributed by atoms with van der Waals surface area (Å²) in [7, 11) is 1.45. The maximum absolute atomic E-state index is 9.14. The predicted molar refractivity (Wildman–Crippen MR) is 46.7 cm³/mol. The molecular weight excluding hydrogens is 156 g/mol. The Bertz CT molecular complexity index is 297. The van der Waals surface area contributed by atoms with Gasteiger partial charge in [-0.1, -0.05) is 6.58 Å². The lowest BCUT2D eigenvalue weighted by Crippen LogP contribution is -2.15. The van der Waals surface area contributed by atoms with Gasteiger partial charge in [0, 0.05) is 7.05 Å². The minimum absolute atomic E-state index is 0.227. The van der Waals surface area contributed by atoms with Gasteiger partial charge in [0.05, 0.1) is 5.69 Å². The van der Waals surface area contributed by atoms with E-state index < -0.39 is 0 Å². The molecule has 64 valence electrons. The smallest absolute Gasteiger partial charge is 0.153 e. The van der Waals surface area contributed by atoms with Crippen LogP contribution in [0.3, 0.4) is 0 Å². The summed E-state index contributed by atoms with van der Waals surface area (Å²) in [6.45, 7) is 3.53. The third kappa shape index (κ3) is 1.35. The van der Waals surface area contributed by atoms with Gasteiger partial charge in [-0.15, -0.1) is 0 Å². The Balaban J connectivity index is 3.29. The molecule has 5 heteroatoms. The molecule has 0 radical (unpaired) electrons. The first-order valence-corrected chi connectivity index (χ1v) is 3.32. The van der Waals surface area contributed by atoms with E-state index in [0.29, 0.717) is 11.4 Å². The molecule has 12 heavy (non-hydrogen) atoms. The highest BCUT2D eigenvalue weighted by Crippen LogP contribution is 2.21. The topological polar surface area (TPSA) is 75.3 Å². The summed E-state index contributed by atoms with van der Waals surface area (Å²) in [5.74, 6) is 0.227. The van der Waals surface area contributed by atoms with E-state index in [4.69, 9.17) is 10.9 Å². The molecule has 0 fully saturated rings. The molecule has 0 atom stereocenters. The molecule has 0 saturated heterocycles. The lowest BCUT2D eigenvalue weighted by Gasteiger charge is -2.13. The van der Waals surface area contributed by atoms with Crippen molar-refractivity contribution < 1.29 is 5.21 Å². The number of hydrogen-bond acceptors (Lipinski definition) is 5.